The lowest BCUT2D eigenvalue weighted by Gasteiger charge is -2.04. The van der Waals surface area contributed by atoms with Crippen molar-refractivity contribution < 1.29 is 9.90 Å². The molecule has 0 radical (unpaired) electrons. The van der Waals surface area contributed by atoms with Crippen molar-refractivity contribution in [1.82, 2.24) is 9.78 Å². The zero-order valence-electron chi connectivity index (χ0n) is 9.14. The maximum Gasteiger partial charge on any atom is 0.336 e. The Morgan fingerprint density at radius 1 is 1.38 bits per heavy atom. The molecule has 4 heteroatoms. The van der Waals surface area contributed by atoms with Gasteiger partial charge in [-0.3, -0.25) is 4.68 Å². The van der Waals surface area contributed by atoms with Crippen LogP contribution < -0.4 is 0 Å². The van der Waals surface area contributed by atoms with E-state index in [1.165, 1.54) is 0 Å². The molecule has 1 heterocycles. The first kappa shape index (κ1) is 10.4. The van der Waals surface area contributed by atoms with E-state index in [-0.39, 0.29) is 0 Å². The number of nitrogens with zero attached hydrogens (tertiary/aromatic N) is 2. The van der Waals surface area contributed by atoms with Gasteiger partial charge in [0.15, 0.2) is 0 Å². The Hall–Kier alpha value is -2.10. The number of hydrogen-bond donors (Lipinski definition) is 1. The van der Waals surface area contributed by atoms with Crippen molar-refractivity contribution in [1.29, 1.82) is 0 Å². The Morgan fingerprint density at radius 2 is 2.12 bits per heavy atom. The molecule has 0 aliphatic carbocycles. The van der Waals surface area contributed by atoms with Gasteiger partial charge in [-0.05, 0) is 19.1 Å². The van der Waals surface area contributed by atoms with Crippen molar-refractivity contribution in [2.24, 2.45) is 7.05 Å². The summed E-state index contributed by atoms with van der Waals surface area (Å²) >= 11 is 0. The van der Waals surface area contributed by atoms with Crippen LogP contribution in [-0.2, 0) is 7.05 Å². The number of carboxylic acids is 1. The van der Waals surface area contributed by atoms with Crippen LogP contribution in [-0.4, -0.2) is 20.9 Å². The molecule has 1 aromatic carbocycles. The highest BCUT2D eigenvalue weighted by atomic mass is 16.4. The van der Waals surface area contributed by atoms with E-state index in [0.29, 0.717) is 16.8 Å². The van der Waals surface area contributed by atoms with Crippen molar-refractivity contribution in [2.75, 3.05) is 0 Å². The van der Waals surface area contributed by atoms with Crippen molar-refractivity contribution in [2.45, 2.75) is 6.92 Å². The summed E-state index contributed by atoms with van der Waals surface area (Å²) in [5, 5.41) is 13.3. The van der Waals surface area contributed by atoms with Crippen molar-refractivity contribution >= 4 is 5.97 Å². The Morgan fingerprint density at radius 3 is 2.69 bits per heavy atom. The first-order valence-electron chi connectivity index (χ1n) is 4.92. The molecule has 4 nitrogen and oxygen atoms in total. The summed E-state index contributed by atoms with van der Waals surface area (Å²) in [6.45, 7) is 1.87. The topological polar surface area (TPSA) is 55.1 Å². The van der Waals surface area contributed by atoms with Crippen LogP contribution in [0.1, 0.15) is 15.9 Å². The number of aromatic carboxylic acids is 1. The van der Waals surface area contributed by atoms with Gasteiger partial charge >= 0.3 is 5.97 Å². The summed E-state index contributed by atoms with van der Waals surface area (Å²) in [5.41, 5.74) is 2.55. The van der Waals surface area contributed by atoms with Gasteiger partial charge in [-0.15, -0.1) is 0 Å². The van der Waals surface area contributed by atoms with E-state index in [2.05, 4.69) is 5.10 Å². The first-order chi connectivity index (χ1) is 7.58. The predicted octanol–water partition coefficient (Wildman–Crippen LogP) is 2.09. The molecule has 82 valence electrons. The van der Waals surface area contributed by atoms with Gasteiger partial charge < -0.3 is 5.11 Å². The average Bonchev–Trinajstić information content (AvgIpc) is 2.64. The second-order valence-electron chi connectivity index (χ2n) is 3.73. The van der Waals surface area contributed by atoms with Crippen molar-refractivity contribution in [3.63, 3.8) is 0 Å². The zero-order valence-corrected chi connectivity index (χ0v) is 9.14. The summed E-state index contributed by atoms with van der Waals surface area (Å²) in [6, 6.07) is 7.14. The summed E-state index contributed by atoms with van der Waals surface area (Å²) in [4.78, 5) is 11.1. The smallest absolute Gasteiger partial charge is 0.336 e. The fourth-order valence-electron chi connectivity index (χ4n) is 1.62. The van der Waals surface area contributed by atoms with Crippen LogP contribution in [0.25, 0.3) is 11.3 Å². The summed E-state index contributed by atoms with van der Waals surface area (Å²) in [7, 11) is 1.80. The lowest BCUT2D eigenvalue weighted by molar-refractivity contribution is 0.0697. The van der Waals surface area contributed by atoms with E-state index >= 15 is 0 Å². The molecule has 16 heavy (non-hydrogen) atoms. The van der Waals surface area contributed by atoms with E-state index in [4.69, 9.17) is 5.11 Å². The minimum atomic E-state index is -0.927. The molecule has 0 spiro atoms. The Bertz CT molecular complexity index is 544. The SMILES string of the molecule is Cc1ccc(-c2ccn(C)n2)c(C(=O)O)c1. The molecule has 0 unspecified atom stereocenters. The van der Waals surface area contributed by atoms with Gasteiger partial charge in [-0.2, -0.15) is 5.10 Å². The van der Waals surface area contributed by atoms with Crippen LogP contribution in [0.4, 0.5) is 0 Å². The van der Waals surface area contributed by atoms with E-state index in [1.54, 1.807) is 36.1 Å². The molecule has 0 saturated heterocycles. The van der Waals surface area contributed by atoms with Gasteiger partial charge in [0, 0.05) is 18.8 Å². The lowest BCUT2D eigenvalue weighted by Crippen LogP contribution is -2.00. The average molecular weight is 216 g/mol. The van der Waals surface area contributed by atoms with Crippen LogP contribution in [0.2, 0.25) is 0 Å². The van der Waals surface area contributed by atoms with E-state index in [0.717, 1.165) is 5.56 Å². The standard InChI is InChI=1S/C12H12N2O2/c1-8-3-4-9(10(7-8)12(15)16)11-5-6-14(2)13-11/h3-7H,1-2H3,(H,15,16). The van der Waals surface area contributed by atoms with Crippen LogP contribution in [0.15, 0.2) is 30.5 Å². The second-order valence-corrected chi connectivity index (χ2v) is 3.73. The third-order valence-electron chi connectivity index (χ3n) is 2.40. The molecule has 2 aromatic rings. The molecule has 0 aliphatic heterocycles. The lowest BCUT2D eigenvalue weighted by atomic mass is 10.0. The molecule has 0 aliphatic rings. The van der Waals surface area contributed by atoms with E-state index < -0.39 is 5.97 Å². The summed E-state index contributed by atoms with van der Waals surface area (Å²) in [6.07, 6.45) is 1.79. The highest BCUT2D eigenvalue weighted by Crippen LogP contribution is 2.23. The Balaban J connectivity index is 2.60. The highest BCUT2D eigenvalue weighted by molar-refractivity contribution is 5.95. The van der Waals surface area contributed by atoms with Gasteiger partial charge in [-0.25, -0.2) is 4.79 Å². The minimum Gasteiger partial charge on any atom is -0.478 e. The molecule has 1 aromatic heterocycles. The zero-order chi connectivity index (χ0) is 11.7. The molecule has 0 saturated carbocycles. The largest absolute Gasteiger partial charge is 0.478 e. The Labute approximate surface area is 93.1 Å². The molecule has 0 bridgehead atoms. The van der Waals surface area contributed by atoms with E-state index in [1.807, 2.05) is 13.0 Å². The number of rotatable bonds is 2. The van der Waals surface area contributed by atoms with Crippen LogP contribution >= 0.6 is 0 Å². The van der Waals surface area contributed by atoms with Crippen molar-refractivity contribution in [3.05, 3.63) is 41.6 Å². The quantitative estimate of drug-likeness (QED) is 0.836. The fourth-order valence-corrected chi connectivity index (χ4v) is 1.62. The fraction of sp³-hybridized carbons (Fsp3) is 0.167. The first-order valence-corrected chi connectivity index (χ1v) is 4.92. The molecular weight excluding hydrogens is 204 g/mol. The molecular formula is C12H12N2O2. The number of aromatic nitrogens is 2. The Kier molecular flexibility index (Phi) is 2.48. The minimum absolute atomic E-state index is 0.290. The monoisotopic (exact) mass is 216 g/mol. The number of carboxylic acid groups (broad SMARTS) is 1. The van der Waals surface area contributed by atoms with Crippen LogP contribution in [0.5, 0.6) is 0 Å². The number of hydrogen-bond acceptors (Lipinski definition) is 2. The van der Waals surface area contributed by atoms with Crippen LogP contribution in [0, 0.1) is 6.92 Å². The number of carbonyl (C=O) groups is 1. The third kappa shape index (κ3) is 1.82. The van der Waals surface area contributed by atoms with Gasteiger partial charge in [0.05, 0.1) is 11.3 Å². The van der Waals surface area contributed by atoms with Gasteiger partial charge in [0.1, 0.15) is 0 Å². The molecule has 0 fully saturated rings. The summed E-state index contributed by atoms with van der Waals surface area (Å²) < 4.78 is 1.65. The molecule has 0 atom stereocenters. The van der Waals surface area contributed by atoms with Gasteiger partial charge in [-0.1, -0.05) is 17.7 Å². The molecule has 2 rings (SSSR count). The third-order valence-corrected chi connectivity index (χ3v) is 2.40. The maximum atomic E-state index is 11.1. The normalized spacial score (nSPS) is 10.4. The number of aryl methyl sites for hydroxylation is 2. The van der Waals surface area contributed by atoms with Crippen LogP contribution in [0.3, 0.4) is 0 Å². The predicted molar refractivity (Wildman–Crippen MR) is 60.3 cm³/mol. The molecule has 1 N–H and O–H groups in total. The number of benzene rings is 1. The second kappa shape index (κ2) is 3.81. The van der Waals surface area contributed by atoms with Crippen molar-refractivity contribution in [3.8, 4) is 11.3 Å². The maximum absolute atomic E-state index is 11.1. The van der Waals surface area contributed by atoms with E-state index in [9.17, 15) is 4.79 Å². The summed E-state index contributed by atoms with van der Waals surface area (Å²) in [5.74, 6) is -0.927. The highest BCUT2D eigenvalue weighted by Gasteiger charge is 2.13. The van der Waals surface area contributed by atoms with Gasteiger partial charge in [0.2, 0.25) is 0 Å². The molecule has 0 amide bonds. The van der Waals surface area contributed by atoms with Gasteiger partial charge in [0.25, 0.3) is 0 Å².